The van der Waals surface area contributed by atoms with Gasteiger partial charge in [0.05, 0.1) is 0 Å². The molecule has 94 valence electrons. The van der Waals surface area contributed by atoms with Crippen molar-refractivity contribution >= 4 is 5.91 Å². The highest BCUT2D eigenvalue weighted by molar-refractivity contribution is 5.75. The van der Waals surface area contributed by atoms with Crippen molar-refractivity contribution in [3.8, 4) is 0 Å². The number of aliphatic hydroxyl groups is 1. The molecule has 0 aromatic heterocycles. The van der Waals surface area contributed by atoms with E-state index < -0.39 is 0 Å². The smallest absolute Gasteiger partial charge is 0.220 e. The van der Waals surface area contributed by atoms with E-state index in [0.717, 1.165) is 6.54 Å². The number of hydrogen-bond acceptors (Lipinski definition) is 3. The van der Waals surface area contributed by atoms with Crippen LogP contribution in [0.25, 0.3) is 0 Å². The summed E-state index contributed by atoms with van der Waals surface area (Å²) in [5.41, 5.74) is 0.162. The Hall–Kier alpha value is -0.610. The molecule has 1 rings (SSSR count). The van der Waals surface area contributed by atoms with E-state index in [1.807, 2.05) is 0 Å². The van der Waals surface area contributed by atoms with Gasteiger partial charge in [0, 0.05) is 25.1 Å². The first kappa shape index (κ1) is 13.5. The van der Waals surface area contributed by atoms with Crippen molar-refractivity contribution in [2.75, 3.05) is 27.2 Å². The molecule has 1 fully saturated rings. The summed E-state index contributed by atoms with van der Waals surface area (Å²) in [5.74, 6) is 0.0576. The molecule has 0 saturated heterocycles. The van der Waals surface area contributed by atoms with Gasteiger partial charge in [-0.1, -0.05) is 12.8 Å². The lowest BCUT2D eigenvalue weighted by Gasteiger charge is -2.36. The van der Waals surface area contributed by atoms with E-state index in [-0.39, 0.29) is 18.1 Å². The number of rotatable bonds is 6. The highest BCUT2D eigenvalue weighted by Gasteiger charge is 2.35. The van der Waals surface area contributed by atoms with Crippen LogP contribution in [0.5, 0.6) is 0 Å². The fourth-order valence-corrected chi connectivity index (χ4v) is 2.41. The molecule has 16 heavy (non-hydrogen) atoms. The molecule has 0 aromatic rings. The highest BCUT2D eigenvalue weighted by Crippen LogP contribution is 2.33. The zero-order chi connectivity index (χ0) is 12.0. The monoisotopic (exact) mass is 228 g/mol. The van der Waals surface area contributed by atoms with E-state index >= 15 is 0 Å². The van der Waals surface area contributed by atoms with Gasteiger partial charge < -0.3 is 15.3 Å². The fourth-order valence-electron chi connectivity index (χ4n) is 2.41. The first-order valence-electron chi connectivity index (χ1n) is 6.16. The van der Waals surface area contributed by atoms with Crippen LogP contribution in [0.3, 0.4) is 0 Å². The lowest BCUT2D eigenvalue weighted by Crippen LogP contribution is -2.50. The third-order valence-electron chi connectivity index (χ3n) is 3.66. The molecule has 1 aliphatic carbocycles. The van der Waals surface area contributed by atoms with Crippen molar-refractivity contribution < 1.29 is 9.90 Å². The van der Waals surface area contributed by atoms with Crippen LogP contribution in [0, 0.1) is 0 Å². The van der Waals surface area contributed by atoms with Crippen LogP contribution >= 0.6 is 0 Å². The highest BCUT2D eigenvalue weighted by atomic mass is 16.3. The van der Waals surface area contributed by atoms with Crippen molar-refractivity contribution in [1.29, 1.82) is 0 Å². The van der Waals surface area contributed by atoms with Crippen molar-refractivity contribution in [2.45, 2.75) is 44.1 Å². The summed E-state index contributed by atoms with van der Waals surface area (Å²) in [7, 11) is 4.18. The van der Waals surface area contributed by atoms with E-state index in [9.17, 15) is 4.79 Å². The summed E-state index contributed by atoms with van der Waals surface area (Å²) in [6.07, 6.45) is 5.83. The standard InChI is InChI=1S/C12H24N2O2/c1-14(2)12(7-3-4-8-12)10-13-11(16)6-5-9-15/h15H,3-10H2,1-2H3,(H,13,16). The van der Waals surface area contributed by atoms with Crippen LogP contribution in [0.2, 0.25) is 0 Å². The van der Waals surface area contributed by atoms with Gasteiger partial charge >= 0.3 is 0 Å². The maximum atomic E-state index is 11.5. The average Bonchev–Trinajstić information content (AvgIpc) is 2.73. The zero-order valence-corrected chi connectivity index (χ0v) is 10.5. The fraction of sp³-hybridized carbons (Fsp3) is 0.917. The number of amides is 1. The molecule has 0 aliphatic heterocycles. The van der Waals surface area contributed by atoms with Crippen molar-refractivity contribution in [2.24, 2.45) is 0 Å². The summed E-state index contributed by atoms with van der Waals surface area (Å²) in [4.78, 5) is 13.7. The van der Waals surface area contributed by atoms with E-state index in [4.69, 9.17) is 5.11 Å². The van der Waals surface area contributed by atoms with Crippen molar-refractivity contribution in [3.05, 3.63) is 0 Å². The quantitative estimate of drug-likeness (QED) is 0.705. The Morgan fingerprint density at radius 3 is 2.50 bits per heavy atom. The molecule has 1 aliphatic rings. The van der Waals surface area contributed by atoms with Gasteiger partial charge in [-0.25, -0.2) is 0 Å². The second kappa shape index (κ2) is 6.21. The topological polar surface area (TPSA) is 52.6 Å². The molecule has 0 unspecified atom stereocenters. The van der Waals surface area contributed by atoms with Gasteiger partial charge in [0.15, 0.2) is 0 Å². The van der Waals surface area contributed by atoms with E-state index in [0.29, 0.717) is 12.8 Å². The SMILES string of the molecule is CN(C)C1(CNC(=O)CCCO)CCCC1. The molecule has 0 bridgehead atoms. The molecule has 0 heterocycles. The lowest BCUT2D eigenvalue weighted by atomic mass is 9.96. The molecule has 1 saturated carbocycles. The number of likely N-dealkylation sites (N-methyl/N-ethyl adjacent to an activating group) is 1. The minimum absolute atomic E-state index is 0.0576. The molecule has 0 atom stereocenters. The van der Waals surface area contributed by atoms with Gasteiger partial charge in [-0.2, -0.15) is 0 Å². The van der Waals surface area contributed by atoms with Gasteiger partial charge in [-0.05, 0) is 33.4 Å². The molecule has 0 radical (unpaired) electrons. The van der Waals surface area contributed by atoms with Gasteiger partial charge in [0.1, 0.15) is 0 Å². The maximum absolute atomic E-state index is 11.5. The number of hydrogen-bond donors (Lipinski definition) is 2. The summed E-state index contributed by atoms with van der Waals surface area (Å²) in [6.45, 7) is 0.830. The molecular formula is C12H24N2O2. The largest absolute Gasteiger partial charge is 0.396 e. The van der Waals surface area contributed by atoms with Gasteiger partial charge in [0.25, 0.3) is 0 Å². The Balaban J connectivity index is 2.36. The predicted octanol–water partition coefficient (Wildman–Crippen LogP) is 0.749. The summed E-state index contributed by atoms with van der Waals surface area (Å²) >= 11 is 0. The maximum Gasteiger partial charge on any atom is 0.220 e. The number of aliphatic hydroxyl groups excluding tert-OH is 1. The van der Waals surface area contributed by atoms with E-state index in [2.05, 4.69) is 24.3 Å². The zero-order valence-electron chi connectivity index (χ0n) is 10.5. The number of nitrogens with one attached hydrogen (secondary N) is 1. The van der Waals surface area contributed by atoms with Crippen LogP contribution in [-0.4, -0.2) is 48.7 Å². The minimum atomic E-state index is 0.0576. The number of nitrogens with zero attached hydrogens (tertiary/aromatic N) is 1. The summed E-state index contributed by atoms with van der Waals surface area (Å²) in [5, 5.41) is 11.6. The first-order chi connectivity index (χ1) is 7.60. The summed E-state index contributed by atoms with van der Waals surface area (Å²) in [6, 6.07) is 0. The van der Waals surface area contributed by atoms with Crippen LogP contribution in [0.1, 0.15) is 38.5 Å². The van der Waals surface area contributed by atoms with E-state index in [1.165, 1.54) is 25.7 Å². The third kappa shape index (κ3) is 3.46. The van der Waals surface area contributed by atoms with Gasteiger partial charge in [-0.15, -0.1) is 0 Å². The number of carbonyl (C=O) groups excluding carboxylic acids is 1. The molecular weight excluding hydrogens is 204 g/mol. The lowest BCUT2D eigenvalue weighted by molar-refractivity contribution is -0.121. The Bertz CT molecular complexity index is 223. The first-order valence-corrected chi connectivity index (χ1v) is 6.16. The summed E-state index contributed by atoms with van der Waals surface area (Å²) < 4.78 is 0. The second-order valence-corrected chi connectivity index (χ2v) is 4.93. The minimum Gasteiger partial charge on any atom is -0.396 e. The van der Waals surface area contributed by atoms with Crippen LogP contribution < -0.4 is 5.32 Å². The van der Waals surface area contributed by atoms with Crippen molar-refractivity contribution in [3.63, 3.8) is 0 Å². The molecule has 0 aromatic carbocycles. The third-order valence-corrected chi connectivity index (χ3v) is 3.66. The average molecular weight is 228 g/mol. The Morgan fingerprint density at radius 2 is 2.00 bits per heavy atom. The van der Waals surface area contributed by atoms with Crippen LogP contribution in [0.4, 0.5) is 0 Å². The molecule has 4 nitrogen and oxygen atoms in total. The molecule has 0 spiro atoms. The Kier molecular flexibility index (Phi) is 5.22. The van der Waals surface area contributed by atoms with Gasteiger partial charge in [-0.3, -0.25) is 4.79 Å². The Morgan fingerprint density at radius 1 is 1.38 bits per heavy atom. The number of carbonyl (C=O) groups is 1. The van der Waals surface area contributed by atoms with E-state index in [1.54, 1.807) is 0 Å². The predicted molar refractivity (Wildman–Crippen MR) is 64.2 cm³/mol. The second-order valence-electron chi connectivity index (χ2n) is 4.93. The van der Waals surface area contributed by atoms with Crippen LogP contribution in [0.15, 0.2) is 0 Å². The normalized spacial score (nSPS) is 19.0. The molecule has 4 heteroatoms. The van der Waals surface area contributed by atoms with Crippen LogP contribution in [-0.2, 0) is 4.79 Å². The van der Waals surface area contributed by atoms with Gasteiger partial charge in [0.2, 0.25) is 5.91 Å². The molecule has 2 N–H and O–H groups in total. The Labute approximate surface area is 98.0 Å². The van der Waals surface area contributed by atoms with Crippen molar-refractivity contribution in [1.82, 2.24) is 10.2 Å². The molecule has 1 amide bonds.